The number of nitrogens with zero attached hydrogens (tertiary/aromatic N) is 5. The van der Waals surface area contributed by atoms with Crippen LogP contribution in [0.4, 0.5) is 11.8 Å². The van der Waals surface area contributed by atoms with Crippen molar-refractivity contribution in [1.82, 2.24) is 24.6 Å². The van der Waals surface area contributed by atoms with Gasteiger partial charge in [0.15, 0.2) is 5.76 Å². The van der Waals surface area contributed by atoms with Gasteiger partial charge in [-0.25, -0.2) is 14.8 Å². The molecule has 0 saturated carbocycles. The van der Waals surface area contributed by atoms with Gasteiger partial charge in [-0.15, -0.1) is 0 Å². The SMILES string of the molecule is C[C@H](C(=O)OC(C)(C)C)N1CCc2oc(-c3ccnc(Nc4ccnn4C)n3)cc2C1=O. The third-order valence-corrected chi connectivity index (χ3v) is 5.06. The molecule has 4 rings (SSSR count). The number of hydrogen-bond donors (Lipinski definition) is 1. The number of fused-ring (bicyclic) bond motifs is 1. The molecule has 0 unspecified atom stereocenters. The molecule has 0 bridgehead atoms. The Balaban J connectivity index is 1.54. The molecule has 1 aliphatic rings. The third-order valence-electron chi connectivity index (χ3n) is 5.06. The number of aromatic nitrogens is 4. The first-order chi connectivity index (χ1) is 15.1. The van der Waals surface area contributed by atoms with E-state index in [1.807, 2.05) is 7.05 Å². The molecular formula is C22H26N6O4. The van der Waals surface area contributed by atoms with Gasteiger partial charge in [0.2, 0.25) is 5.95 Å². The maximum Gasteiger partial charge on any atom is 0.329 e. The van der Waals surface area contributed by atoms with Gasteiger partial charge in [0, 0.05) is 32.3 Å². The van der Waals surface area contributed by atoms with E-state index in [1.54, 1.807) is 63.0 Å². The van der Waals surface area contributed by atoms with Crippen molar-refractivity contribution < 1.29 is 18.7 Å². The highest BCUT2D eigenvalue weighted by atomic mass is 16.6. The lowest BCUT2D eigenvalue weighted by molar-refractivity contribution is -0.159. The fourth-order valence-corrected chi connectivity index (χ4v) is 3.45. The van der Waals surface area contributed by atoms with Crippen LogP contribution in [0.1, 0.15) is 43.8 Å². The predicted molar refractivity (Wildman–Crippen MR) is 116 cm³/mol. The average molecular weight is 438 g/mol. The Kier molecular flexibility index (Phi) is 5.45. The minimum atomic E-state index is -0.693. The molecule has 0 spiro atoms. The Morgan fingerprint density at radius 1 is 1.28 bits per heavy atom. The van der Waals surface area contributed by atoms with Gasteiger partial charge >= 0.3 is 5.97 Å². The highest BCUT2D eigenvalue weighted by molar-refractivity contribution is 5.99. The van der Waals surface area contributed by atoms with Crippen molar-refractivity contribution in [1.29, 1.82) is 0 Å². The Bertz CT molecular complexity index is 1160. The molecule has 0 fully saturated rings. The molecule has 4 heterocycles. The molecule has 1 atom stereocenters. The first-order valence-electron chi connectivity index (χ1n) is 10.4. The first-order valence-corrected chi connectivity index (χ1v) is 10.4. The maximum absolute atomic E-state index is 13.1. The summed E-state index contributed by atoms with van der Waals surface area (Å²) in [5.74, 6) is 1.47. The first kappa shape index (κ1) is 21.5. The van der Waals surface area contributed by atoms with E-state index in [0.29, 0.717) is 41.7 Å². The van der Waals surface area contributed by atoms with Crippen LogP contribution in [0, 0.1) is 0 Å². The number of aryl methyl sites for hydroxylation is 1. The second kappa shape index (κ2) is 8.10. The fraction of sp³-hybridized carbons (Fsp3) is 0.409. The van der Waals surface area contributed by atoms with Crippen LogP contribution in [0.5, 0.6) is 0 Å². The largest absolute Gasteiger partial charge is 0.459 e. The van der Waals surface area contributed by atoms with Crippen molar-refractivity contribution in [3.63, 3.8) is 0 Å². The number of nitrogens with one attached hydrogen (secondary N) is 1. The second-order valence-corrected chi connectivity index (χ2v) is 8.64. The number of anilines is 2. The number of ether oxygens (including phenoxy) is 1. The molecule has 0 radical (unpaired) electrons. The van der Waals surface area contributed by atoms with Crippen molar-refractivity contribution >= 4 is 23.6 Å². The zero-order valence-corrected chi connectivity index (χ0v) is 18.7. The number of hydrogen-bond acceptors (Lipinski definition) is 8. The van der Waals surface area contributed by atoms with Crippen molar-refractivity contribution in [3.05, 3.63) is 41.9 Å². The van der Waals surface area contributed by atoms with E-state index in [0.717, 1.165) is 5.82 Å². The summed E-state index contributed by atoms with van der Waals surface area (Å²) < 4.78 is 13.1. The monoisotopic (exact) mass is 438 g/mol. The lowest BCUT2D eigenvalue weighted by Crippen LogP contribution is -2.48. The molecule has 0 aromatic carbocycles. The topological polar surface area (TPSA) is 115 Å². The van der Waals surface area contributed by atoms with Gasteiger partial charge in [0.1, 0.15) is 28.9 Å². The molecule has 10 heteroatoms. The Labute approximate surface area is 185 Å². The number of esters is 1. The van der Waals surface area contributed by atoms with E-state index >= 15 is 0 Å². The number of carbonyl (C=O) groups excluding carboxylic acids is 2. The highest BCUT2D eigenvalue weighted by Crippen LogP contribution is 2.30. The van der Waals surface area contributed by atoms with E-state index in [2.05, 4.69) is 20.4 Å². The van der Waals surface area contributed by atoms with Crippen LogP contribution < -0.4 is 5.32 Å². The summed E-state index contributed by atoms with van der Waals surface area (Å²) in [4.78, 5) is 35.8. The molecule has 3 aromatic rings. The molecule has 10 nitrogen and oxygen atoms in total. The standard InChI is InChI=1S/C22H26N6O4/c1-13(20(30)32-22(2,3)4)28-11-8-16-14(19(28)29)12-17(31-16)15-6-9-23-21(25-15)26-18-7-10-24-27(18)5/h6-7,9-10,12-13H,8,11H2,1-5H3,(H,23,25,26)/t13-/m1/s1. The number of carbonyl (C=O) groups is 2. The summed E-state index contributed by atoms with van der Waals surface area (Å²) >= 11 is 0. The van der Waals surface area contributed by atoms with E-state index in [4.69, 9.17) is 9.15 Å². The van der Waals surface area contributed by atoms with Gasteiger partial charge in [0.25, 0.3) is 5.91 Å². The van der Waals surface area contributed by atoms with Crippen LogP contribution in [0.3, 0.4) is 0 Å². The van der Waals surface area contributed by atoms with Crippen LogP contribution >= 0.6 is 0 Å². The molecule has 0 aliphatic carbocycles. The normalized spacial score (nSPS) is 14.8. The molecule has 1 N–H and O–H groups in total. The Hall–Kier alpha value is -3.69. The summed E-state index contributed by atoms with van der Waals surface area (Å²) in [6.45, 7) is 7.45. The number of amides is 1. The molecule has 1 aliphatic heterocycles. The zero-order valence-electron chi connectivity index (χ0n) is 18.7. The summed E-state index contributed by atoms with van der Waals surface area (Å²) in [6.07, 6.45) is 3.78. The highest BCUT2D eigenvalue weighted by Gasteiger charge is 2.35. The van der Waals surface area contributed by atoms with Crippen LogP contribution in [0.2, 0.25) is 0 Å². The summed E-state index contributed by atoms with van der Waals surface area (Å²) in [5, 5.41) is 7.20. The van der Waals surface area contributed by atoms with Crippen LogP contribution in [-0.2, 0) is 23.0 Å². The second-order valence-electron chi connectivity index (χ2n) is 8.64. The van der Waals surface area contributed by atoms with Crippen molar-refractivity contribution in [2.75, 3.05) is 11.9 Å². The number of furan rings is 1. The summed E-state index contributed by atoms with van der Waals surface area (Å²) in [6, 6.07) is 4.49. The van der Waals surface area contributed by atoms with Gasteiger partial charge in [-0.05, 0) is 39.8 Å². The zero-order chi connectivity index (χ0) is 23.0. The molecule has 32 heavy (non-hydrogen) atoms. The van der Waals surface area contributed by atoms with Gasteiger partial charge < -0.3 is 19.4 Å². The minimum Gasteiger partial charge on any atom is -0.459 e. The quantitative estimate of drug-likeness (QED) is 0.605. The van der Waals surface area contributed by atoms with E-state index in [9.17, 15) is 9.59 Å². The van der Waals surface area contributed by atoms with Gasteiger partial charge in [-0.3, -0.25) is 9.48 Å². The van der Waals surface area contributed by atoms with Crippen molar-refractivity contribution in [2.45, 2.75) is 45.8 Å². The Morgan fingerprint density at radius 2 is 2.06 bits per heavy atom. The fourth-order valence-electron chi connectivity index (χ4n) is 3.45. The van der Waals surface area contributed by atoms with Gasteiger partial charge in [0.05, 0.1) is 11.8 Å². The third kappa shape index (κ3) is 4.34. The van der Waals surface area contributed by atoms with Gasteiger partial charge in [-0.1, -0.05) is 0 Å². The molecule has 168 valence electrons. The van der Waals surface area contributed by atoms with E-state index in [1.165, 1.54) is 4.90 Å². The molecule has 0 saturated heterocycles. The lowest BCUT2D eigenvalue weighted by atomic mass is 10.1. The van der Waals surface area contributed by atoms with Crippen molar-refractivity contribution in [2.24, 2.45) is 7.05 Å². The predicted octanol–water partition coefficient (Wildman–Crippen LogP) is 2.94. The number of rotatable bonds is 5. The van der Waals surface area contributed by atoms with Crippen LogP contribution in [-0.4, -0.2) is 54.7 Å². The van der Waals surface area contributed by atoms with Crippen LogP contribution in [0.15, 0.2) is 35.0 Å². The van der Waals surface area contributed by atoms with E-state index < -0.39 is 17.6 Å². The Morgan fingerprint density at radius 3 is 2.75 bits per heavy atom. The summed E-state index contributed by atoms with van der Waals surface area (Å²) in [7, 11) is 1.81. The molecular weight excluding hydrogens is 412 g/mol. The average Bonchev–Trinajstić information content (AvgIpc) is 3.34. The minimum absolute atomic E-state index is 0.262. The van der Waals surface area contributed by atoms with Crippen LogP contribution in [0.25, 0.3) is 11.5 Å². The summed E-state index contributed by atoms with van der Waals surface area (Å²) in [5.41, 5.74) is 0.354. The molecule has 1 amide bonds. The lowest BCUT2D eigenvalue weighted by Gasteiger charge is -2.32. The maximum atomic E-state index is 13.1. The van der Waals surface area contributed by atoms with Crippen molar-refractivity contribution in [3.8, 4) is 11.5 Å². The van der Waals surface area contributed by atoms with E-state index in [-0.39, 0.29) is 5.91 Å². The van der Waals surface area contributed by atoms with Gasteiger partial charge in [-0.2, -0.15) is 5.10 Å². The molecule has 3 aromatic heterocycles. The smallest absolute Gasteiger partial charge is 0.329 e.